The first-order valence-electron chi connectivity index (χ1n) is 5.79. The third-order valence-electron chi connectivity index (χ3n) is 2.88. The molecule has 2 aromatic rings. The molecular formula is C12H11N3O2S. The van der Waals surface area contributed by atoms with Crippen molar-refractivity contribution in [3.8, 4) is 16.8 Å². The summed E-state index contributed by atoms with van der Waals surface area (Å²) in [7, 11) is 0. The van der Waals surface area contributed by atoms with E-state index in [0.29, 0.717) is 23.7 Å². The largest absolute Gasteiger partial charge is 0.378 e. The normalized spacial score (nSPS) is 18.9. The highest BCUT2D eigenvalue weighted by Crippen LogP contribution is 2.28. The van der Waals surface area contributed by atoms with Crippen LogP contribution in [0.1, 0.15) is 24.2 Å². The van der Waals surface area contributed by atoms with Crippen LogP contribution in [0, 0.1) is 11.3 Å². The van der Waals surface area contributed by atoms with Crippen molar-refractivity contribution in [2.45, 2.75) is 25.4 Å². The number of nitrogens with zero attached hydrogens (tertiary/aromatic N) is 3. The molecule has 0 radical (unpaired) electrons. The van der Waals surface area contributed by atoms with Gasteiger partial charge in [0.05, 0.1) is 11.7 Å². The van der Waals surface area contributed by atoms with E-state index in [-0.39, 0.29) is 6.10 Å². The Morgan fingerprint density at radius 3 is 3.28 bits per heavy atom. The molecule has 0 bridgehead atoms. The molecule has 2 aromatic heterocycles. The Morgan fingerprint density at radius 1 is 1.56 bits per heavy atom. The van der Waals surface area contributed by atoms with Gasteiger partial charge in [0.1, 0.15) is 10.9 Å². The zero-order chi connectivity index (χ0) is 12.4. The summed E-state index contributed by atoms with van der Waals surface area (Å²) in [6.07, 6.45) is 3.02. The van der Waals surface area contributed by atoms with Crippen molar-refractivity contribution in [3.63, 3.8) is 0 Å². The van der Waals surface area contributed by atoms with E-state index in [1.54, 1.807) is 6.07 Å². The summed E-state index contributed by atoms with van der Waals surface area (Å²) >= 11 is 1.43. The Bertz CT molecular complexity index is 578. The molecular weight excluding hydrogens is 250 g/mol. The second-order valence-corrected chi connectivity index (χ2v) is 5.05. The summed E-state index contributed by atoms with van der Waals surface area (Å²) in [5, 5.41) is 14.7. The lowest BCUT2D eigenvalue weighted by molar-refractivity contribution is 0.109. The van der Waals surface area contributed by atoms with Gasteiger partial charge in [-0.1, -0.05) is 5.16 Å². The fraction of sp³-hybridized carbons (Fsp3) is 0.417. The highest BCUT2D eigenvalue weighted by molar-refractivity contribution is 7.13. The number of hydrogen-bond acceptors (Lipinski definition) is 6. The van der Waals surface area contributed by atoms with Crippen molar-refractivity contribution < 1.29 is 9.26 Å². The van der Waals surface area contributed by atoms with Gasteiger partial charge in [-0.3, -0.25) is 0 Å². The van der Waals surface area contributed by atoms with Gasteiger partial charge in [0, 0.05) is 13.0 Å². The average Bonchev–Trinajstić information content (AvgIpc) is 3.09. The summed E-state index contributed by atoms with van der Waals surface area (Å²) < 4.78 is 10.7. The van der Waals surface area contributed by atoms with Gasteiger partial charge in [-0.05, 0) is 24.3 Å². The number of thiophene rings is 1. The predicted octanol–water partition coefficient (Wildman–Crippen LogP) is 2.39. The van der Waals surface area contributed by atoms with Crippen molar-refractivity contribution in [3.05, 3.63) is 22.8 Å². The molecule has 1 unspecified atom stereocenters. The van der Waals surface area contributed by atoms with Crippen LogP contribution in [-0.4, -0.2) is 22.9 Å². The molecule has 1 aliphatic heterocycles. The molecule has 1 fully saturated rings. The van der Waals surface area contributed by atoms with E-state index in [2.05, 4.69) is 16.2 Å². The van der Waals surface area contributed by atoms with Crippen LogP contribution in [0.25, 0.3) is 10.8 Å². The van der Waals surface area contributed by atoms with Crippen LogP contribution in [0.3, 0.4) is 0 Å². The smallest absolute Gasteiger partial charge is 0.269 e. The molecule has 0 N–H and O–H groups in total. The van der Waals surface area contributed by atoms with Crippen LogP contribution in [0.2, 0.25) is 0 Å². The fourth-order valence-corrected chi connectivity index (χ4v) is 2.77. The van der Waals surface area contributed by atoms with Gasteiger partial charge < -0.3 is 9.26 Å². The van der Waals surface area contributed by atoms with E-state index < -0.39 is 0 Å². The average molecular weight is 261 g/mol. The number of rotatable bonds is 3. The van der Waals surface area contributed by atoms with Gasteiger partial charge in [-0.15, -0.1) is 11.3 Å². The predicted molar refractivity (Wildman–Crippen MR) is 65.0 cm³/mol. The highest BCUT2D eigenvalue weighted by Gasteiger charge is 2.20. The van der Waals surface area contributed by atoms with Crippen molar-refractivity contribution in [2.24, 2.45) is 0 Å². The van der Waals surface area contributed by atoms with Crippen molar-refractivity contribution in [1.29, 1.82) is 5.26 Å². The lowest BCUT2D eigenvalue weighted by Gasteiger charge is -2.03. The molecule has 18 heavy (non-hydrogen) atoms. The fourth-order valence-electron chi connectivity index (χ4n) is 2.00. The first-order chi connectivity index (χ1) is 8.86. The summed E-state index contributed by atoms with van der Waals surface area (Å²) in [5.41, 5.74) is 0.576. The Hall–Kier alpha value is -1.71. The summed E-state index contributed by atoms with van der Waals surface area (Å²) in [6.45, 7) is 0.818. The van der Waals surface area contributed by atoms with Crippen LogP contribution < -0.4 is 0 Å². The molecule has 0 saturated carbocycles. The van der Waals surface area contributed by atoms with Gasteiger partial charge in [0.2, 0.25) is 0 Å². The molecule has 5 nitrogen and oxygen atoms in total. The number of hydrogen-bond donors (Lipinski definition) is 0. The maximum Gasteiger partial charge on any atom is 0.269 e. The van der Waals surface area contributed by atoms with E-state index >= 15 is 0 Å². The zero-order valence-electron chi connectivity index (χ0n) is 9.63. The van der Waals surface area contributed by atoms with E-state index in [1.165, 1.54) is 11.3 Å². The SMILES string of the molecule is N#Cc1ccsc1-c1nc(CC2CCCO2)no1. The molecule has 92 valence electrons. The maximum absolute atomic E-state index is 8.95. The molecule has 0 aliphatic carbocycles. The Labute approximate surface area is 108 Å². The molecule has 1 aliphatic rings. The minimum Gasteiger partial charge on any atom is -0.378 e. The molecule has 3 rings (SSSR count). The van der Waals surface area contributed by atoms with Crippen LogP contribution >= 0.6 is 11.3 Å². The van der Waals surface area contributed by atoms with Crippen LogP contribution in [0.15, 0.2) is 16.0 Å². The Kier molecular flexibility index (Phi) is 3.09. The van der Waals surface area contributed by atoms with E-state index in [9.17, 15) is 0 Å². The molecule has 6 heteroatoms. The van der Waals surface area contributed by atoms with E-state index in [1.807, 2.05) is 5.38 Å². The number of nitriles is 1. The van der Waals surface area contributed by atoms with E-state index in [0.717, 1.165) is 24.3 Å². The third kappa shape index (κ3) is 2.15. The first kappa shape index (κ1) is 11.4. The molecule has 0 amide bonds. The third-order valence-corrected chi connectivity index (χ3v) is 3.78. The van der Waals surface area contributed by atoms with Crippen LogP contribution in [0.4, 0.5) is 0 Å². The molecule has 0 spiro atoms. The lowest BCUT2D eigenvalue weighted by atomic mass is 10.2. The van der Waals surface area contributed by atoms with Gasteiger partial charge in [-0.2, -0.15) is 10.2 Å². The van der Waals surface area contributed by atoms with Gasteiger partial charge >= 0.3 is 0 Å². The highest BCUT2D eigenvalue weighted by atomic mass is 32.1. The second-order valence-electron chi connectivity index (χ2n) is 4.13. The summed E-state index contributed by atoms with van der Waals surface area (Å²) in [4.78, 5) is 5.07. The topological polar surface area (TPSA) is 71.9 Å². The quantitative estimate of drug-likeness (QED) is 0.848. The molecule has 1 atom stereocenters. The molecule has 0 aromatic carbocycles. The van der Waals surface area contributed by atoms with Crippen molar-refractivity contribution in [2.75, 3.05) is 6.61 Å². The Balaban J connectivity index is 1.79. The number of aromatic nitrogens is 2. The first-order valence-corrected chi connectivity index (χ1v) is 6.67. The van der Waals surface area contributed by atoms with Gasteiger partial charge in [-0.25, -0.2) is 0 Å². The van der Waals surface area contributed by atoms with Gasteiger partial charge in [0.25, 0.3) is 5.89 Å². The number of ether oxygens (including phenoxy) is 1. The lowest BCUT2D eigenvalue weighted by Crippen LogP contribution is -2.09. The van der Waals surface area contributed by atoms with E-state index in [4.69, 9.17) is 14.5 Å². The second kappa shape index (κ2) is 4.88. The van der Waals surface area contributed by atoms with Crippen LogP contribution in [-0.2, 0) is 11.2 Å². The van der Waals surface area contributed by atoms with Crippen LogP contribution in [0.5, 0.6) is 0 Å². The monoisotopic (exact) mass is 261 g/mol. The molecule has 3 heterocycles. The van der Waals surface area contributed by atoms with Crippen molar-refractivity contribution in [1.82, 2.24) is 10.1 Å². The standard InChI is InChI=1S/C12H11N3O2S/c13-7-8-3-5-18-11(8)12-14-10(15-17-12)6-9-2-1-4-16-9/h3,5,9H,1-2,4,6H2. The minimum atomic E-state index is 0.203. The Morgan fingerprint density at radius 2 is 2.50 bits per heavy atom. The van der Waals surface area contributed by atoms with Gasteiger partial charge in [0.15, 0.2) is 5.82 Å². The summed E-state index contributed by atoms with van der Waals surface area (Å²) in [5.74, 6) is 1.07. The molecule has 1 saturated heterocycles. The minimum absolute atomic E-state index is 0.203. The zero-order valence-corrected chi connectivity index (χ0v) is 10.4. The maximum atomic E-state index is 8.95. The van der Waals surface area contributed by atoms with Crippen molar-refractivity contribution >= 4 is 11.3 Å². The summed E-state index contributed by atoms with van der Waals surface area (Å²) in [6, 6.07) is 3.87.